The number of amides is 1. The molecule has 6 nitrogen and oxygen atoms in total. The van der Waals surface area contributed by atoms with E-state index in [2.05, 4.69) is 10.2 Å². The fourth-order valence-electron chi connectivity index (χ4n) is 3.03. The van der Waals surface area contributed by atoms with Gasteiger partial charge in [0.15, 0.2) is 0 Å². The van der Waals surface area contributed by atoms with Crippen molar-refractivity contribution < 1.29 is 9.53 Å². The van der Waals surface area contributed by atoms with Crippen LogP contribution in [0.5, 0.6) is 5.75 Å². The first-order chi connectivity index (χ1) is 14.6. The molecule has 0 aliphatic heterocycles. The van der Waals surface area contributed by atoms with Gasteiger partial charge in [-0.2, -0.15) is 5.10 Å². The van der Waals surface area contributed by atoms with Crippen LogP contribution >= 0.6 is 0 Å². The monoisotopic (exact) mass is 404 g/mol. The summed E-state index contributed by atoms with van der Waals surface area (Å²) >= 11 is 0. The molecule has 30 heavy (non-hydrogen) atoms. The second kappa shape index (κ2) is 10.4. The van der Waals surface area contributed by atoms with Crippen molar-refractivity contribution in [3.05, 3.63) is 72.4 Å². The van der Waals surface area contributed by atoms with E-state index >= 15 is 0 Å². The molecule has 0 radical (unpaired) electrons. The second-order valence-corrected chi connectivity index (χ2v) is 7.22. The Balaban J connectivity index is 1.82. The molecule has 1 aromatic heterocycles. The Hall–Kier alpha value is -3.38. The molecule has 0 bridgehead atoms. The summed E-state index contributed by atoms with van der Waals surface area (Å²) in [6, 6.07) is 17.7. The second-order valence-electron chi connectivity index (χ2n) is 7.22. The van der Waals surface area contributed by atoms with Crippen molar-refractivity contribution in [2.24, 2.45) is 0 Å². The van der Waals surface area contributed by atoms with Crippen molar-refractivity contribution in [1.82, 2.24) is 20.0 Å². The summed E-state index contributed by atoms with van der Waals surface area (Å²) in [6.45, 7) is 1.59. The van der Waals surface area contributed by atoms with Crippen molar-refractivity contribution in [2.75, 3.05) is 34.3 Å². The molecule has 1 amide bonds. The summed E-state index contributed by atoms with van der Waals surface area (Å²) in [6.07, 6.45) is 6.22. The van der Waals surface area contributed by atoms with Crippen LogP contribution in [0.4, 0.5) is 0 Å². The van der Waals surface area contributed by atoms with E-state index in [1.807, 2.05) is 85.6 Å². The summed E-state index contributed by atoms with van der Waals surface area (Å²) in [5, 5.41) is 7.69. The highest BCUT2D eigenvalue weighted by molar-refractivity contribution is 5.92. The Morgan fingerprint density at radius 2 is 1.87 bits per heavy atom. The van der Waals surface area contributed by atoms with Crippen LogP contribution in [0.25, 0.3) is 23.0 Å². The summed E-state index contributed by atoms with van der Waals surface area (Å²) in [5.41, 5.74) is 3.59. The van der Waals surface area contributed by atoms with Gasteiger partial charge in [-0.05, 0) is 69.5 Å². The Morgan fingerprint density at radius 3 is 2.53 bits per heavy atom. The number of carbonyl (C=O) groups excluding carboxylic acids is 1. The third-order valence-electron chi connectivity index (χ3n) is 4.62. The van der Waals surface area contributed by atoms with E-state index < -0.39 is 0 Å². The Bertz CT molecular complexity index is 976. The number of ether oxygens (including phenoxy) is 1. The quantitative estimate of drug-likeness (QED) is 0.437. The number of nitrogens with one attached hydrogen (secondary N) is 1. The smallest absolute Gasteiger partial charge is 0.244 e. The molecule has 0 atom stereocenters. The van der Waals surface area contributed by atoms with Crippen molar-refractivity contribution in [1.29, 1.82) is 0 Å². The molecule has 1 N–H and O–H groups in total. The highest BCUT2D eigenvalue weighted by atomic mass is 16.5. The average molecular weight is 405 g/mol. The average Bonchev–Trinajstić information content (AvgIpc) is 3.20. The Labute approximate surface area is 177 Å². The van der Waals surface area contributed by atoms with E-state index in [-0.39, 0.29) is 5.91 Å². The topological polar surface area (TPSA) is 59.4 Å². The lowest BCUT2D eigenvalue weighted by atomic mass is 10.1. The molecule has 2 aromatic carbocycles. The van der Waals surface area contributed by atoms with Gasteiger partial charge in [0.05, 0.1) is 18.5 Å². The lowest BCUT2D eigenvalue weighted by molar-refractivity contribution is -0.116. The highest BCUT2D eigenvalue weighted by Crippen LogP contribution is 2.26. The molecule has 6 heteroatoms. The number of methoxy groups -OCH3 is 1. The molecular formula is C24H28N4O2. The summed E-state index contributed by atoms with van der Waals surface area (Å²) in [7, 11) is 5.68. The first kappa shape index (κ1) is 21.3. The fraction of sp³-hybridized carbons (Fsp3) is 0.250. The Kier molecular flexibility index (Phi) is 7.40. The van der Waals surface area contributed by atoms with Crippen LogP contribution in [-0.2, 0) is 4.79 Å². The number of nitrogens with zero attached hydrogens (tertiary/aromatic N) is 3. The molecule has 0 aliphatic carbocycles. The molecule has 0 unspecified atom stereocenters. The molecule has 1 heterocycles. The van der Waals surface area contributed by atoms with Gasteiger partial charge in [0.25, 0.3) is 0 Å². The first-order valence-electron chi connectivity index (χ1n) is 9.97. The predicted octanol–water partition coefficient (Wildman–Crippen LogP) is 3.63. The third kappa shape index (κ3) is 5.81. The summed E-state index contributed by atoms with van der Waals surface area (Å²) in [5.74, 6) is 0.678. The van der Waals surface area contributed by atoms with Gasteiger partial charge < -0.3 is 15.0 Å². The third-order valence-corrected chi connectivity index (χ3v) is 4.62. The number of hydrogen-bond acceptors (Lipinski definition) is 4. The predicted molar refractivity (Wildman–Crippen MR) is 121 cm³/mol. The van der Waals surface area contributed by atoms with E-state index in [0.717, 1.165) is 41.2 Å². The molecular weight excluding hydrogens is 376 g/mol. The van der Waals surface area contributed by atoms with Gasteiger partial charge in [-0.1, -0.05) is 18.2 Å². The standard InChI is InChI=1S/C24H28N4O2/c1-27(2)17-7-16-25-23(29)15-12-20-18-28(21-8-5-4-6-9-21)26-24(20)19-10-13-22(30-3)14-11-19/h4-6,8-15,18H,7,16-17H2,1-3H3,(H,25,29). The maximum Gasteiger partial charge on any atom is 0.244 e. The van der Waals surface area contributed by atoms with E-state index in [1.54, 1.807) is 13.2 Å². The van der Waals surface area contributed by atoms with Crippen LogP contribution in [0.2, 0.25) is 0 Å². The van der Waals surface area contributed by atoms with Crippen molar-refractivity contribution >= 4 is 12.0 Å². The van der Waals surface area contributed by atoms with Gasteiger partial charge in [0.2, 0.25) is 5.91 Å². The molecule has 156 valence electrons. The van der Waals surface area contributed by atoms with Crippen molar-refractivity contribution in [3.8, 4) is 22.7 Å². The van der Waals surface area contributed by atoms with Crippen molar-refractivity contribution in [2.45, 2.75) is 6.42 Å². The normalized spacial score (nSPS) is 11.2. The summed E-state index contributed by atoms with van der Waals surface area (Å²) < 4.78 is 7.08. The Morgan fingerprint density at radius 1 is 1.13 bits per heavy atom. The number of rotatable bonds is 9. The summed E-state index contributed by atoms with van der Waals surface area (Å²) in [4.78, 5) is 14.3. The first-order valence-corrected chi connectivity index (χ1v) is 9.97. The fourth-order valence-corrected chi connectivity index (χ4v) is 3.03. The molecule has 0 aliphatic rings. The van der Waals surface area contributed by atoms with E-state index in [9.17, 15) is 4.79 Å². The number of hydrogen-bond donors (Lipinski definition) is 1. The molecule has 0 saturated carbocycles. The number of carbonyl (C=O) groups is 1. The molecule has 0 fully saturated rings. The van der Waals surface area contributed by atoms with Crippen molar-refractivity contribution in [3.63, 3.8) is 0 Å². The highest BCUT2D eigenvalue weighted by Gasteiger charge is 2.11. The molecule has 3 rings (SSSR count). The SMILES string of the molecule is COc1ccc(-c2nn(-c3ccccc3)cc2C=CC(=O)NCCCN(C)C)cc1. The van der Waals surface area contributed by atoms with E-state index in [4.69, 9.17) is 9.84 Å². The zero-order chi connectivity index (χ0) is 21.3. The van der Waals surface area contributed by atoms with Crippen LogP contribution in [0.15, 0.2) is 66.9 Å². The van der Waals surface area contributed by atoms with Crippen LogP contribution < -0.4 is 10.1 Å². The van der Waals surface area contributed by atoms with Gasteiger partial charge in [-0.3, -0.25) is 4.79 Å². The molecule has 0 saturated heterocycles. The minimum absolute atomic E-state index is 0.109. The van der Waals surface area contributed by atoms with Crippen LogP contribution in [-0.4, -0.2) is 54.9 Å². The maximum absolute atomic E-state index is 12.2. The lowest BCUT2D eigenvalue weighted by Crippen LogP contribution is -2.25. The van der Waals surface area contributed by atoms with Crippen LogP contribution in [0.3, 0.4) is 0 Å². The van der Waals surface area contributed by atoms with Gasteiger partial charge in [0, 0.05) is 29.9 Å². The van der Waals surface area contributed by atoms with E-state index in [1.165, 1.54) is 0 Å². The van der Waals surface area contributed by atoms with Gasteiger partial charge in [0.1, 0.15) is 5.75 Å². The van der Waals surface area contributed by atoms with Gasteiger partial charge in [-0.25, -0.2) is 4.68 Å². The zero-order valence-electron chi connectivity index (χ0n) is 17.7. The van der Waals surface area contributed by atoms with Crippen LogP contribution in [0, 0.1) is 0 Å². The lowest BCUT2D eigenvalue weighted by Gasteiger charge is -2.08. The minimum atomic E-state index is -0.109. The van der Waals surface area contributed by atoms with Gasteiger partial charge >= 0.3 is 0 Å². The molecule has 3 aromatic rings. The van der Waals surface area contributed by atoms with Gasteiger partial charge in [-0.15, -0.1) is 0 Å². The number of aromatic nitrogens is 2. The number of benzene rings is 2. The van der Waals surface area contributed by atoms with E-state index in [0.29, 0.717) is 6.54 Å². The zero-order valence-corrected chi connectivity index (χ0v) is 17.7. The largest absolute Gasteiger partial charge is 0.497 e. The number of para-hydroxylation sites is 1. The minimum Gasteiger partial charge on any atom is -0.497 e. The molecule has 0 spiro atoms. The maximum atomic E-state index is 12.2. The van der Waals surface area contributed by atoms with Crippen LogP contribution in [0.1, 0.15) is 12.0 Å².